The SMILES string of the molecule is C[C@@H]1[C@H](C)CCC[C@@H]1NC(=O)CN1C(=O)N[C@@](C)(c2ccccc2)C1=O. The Kier molecular flexibility index (Phi) is 5.03. The second kappa shape index (κ2) is 7.09. The van der Waals surface area contributed by atoms with Crippen LogP contribution < -0.4 is 10.6 Å². The van der Waals surface area contributed by atoms with E-state index in [1.165, 1.54) is 6.42 Å². The number of amides is 4. The molecule has 1 aromatic rings. The summed E-state index contributed by atoms with van der Waals surface area (Å²) in [6, 6.07) is 8.67. The van der Waals surface area contributed by atoms with Crippen molar-refractivity contribution >= 4 is 17.8 Å². The second-order valence-electron chi connectivity index (χ2n) is 7.75. The number of rotatable bonds is 4. The fraction of sp³-hybridized carbons (Fsp3) is 0.550. The standard InChI is InChI=1S/C20H27N3O3/c1-13-8-7-11-16(14(13)2)21-17(24)12-23-18(25)20(3,22-19(23)26)15-9-5-4-6-10-15/h4-6,9-10,13-14,16H,7-8,11-12H2,1-3H3,(H,21,24)(H,22,26)/t13-,14-,16+,20+/m1/s1. The summed E-state index contributed by atoms with van der Waals surface area (Å²) in [6.07, 6.45) is 3.21. The lowest BCUT2D eigenvalue weighted by Crippen LogP contribution is -2.48. The molecule has 26 heavy (non-hydrogen) atoms. The molecule has 0 aromatic heterocycles. The van der Waals surface area contributed by atoms with Crippen LogP contribution in [0.1, 0.15) is 45.6 Å². The van der Waals surface area contributed by atoms with E-state index in [0.717, 1.165) is 17.7 Å². The Labute approximate surface area is 154 Å². The second-order valence-corrected chi connectivity index (χ2v) is 7.75. The lowest BCUT2D eigenvalue weighted by molar-refractivity contribution is -0.135. The molecule has 0 unspecified atom stereocenters. The Hall–Kier alpha value is -2.37. The highest BCUT2D eigenvalue weighted by molar-refractivity contribution is 6.09. The normalized spacial score (nSPS) is 31.7. The van der Waals surface area contributed by atoms with Crippen molar-refractivity contribution in [3.8, 4) is 0 Å². The number of nitrogens with zero attached hydrogens (tertiary/aromatic N) is 1. The summed E-state index contributed by atoms with van der Waals surface area (Å²) in [5, 5.41) is 5.75. The fourth-order valence-corrected chi connectivity index (χ4v) is 3.99. The topological polar surface area (TPSA) is 78.5 Å². The van der Waals surface area contributed by atoms with Crippen LogP contribution in [-0.4, -0.2) is 35.3 Å². The smallest absolute Gasteiger partial charge is 0.325 e. The van der Waals surface area contributed by atoms with Gasteiger partial charge in [0.05, 0.1) is 0 Å². The van der Waals surface area contributed by atoms with Crippen molar-refractivity contribution in [3.63, 3.8) is 0 Å². The number of nitrogens with one attached hydrogen (secondary N) is 2. The zero-order chi connectivity index (χ0) is 18.9. The Balaban J connectivity index is 1.67. The molecule has 140 valence electrons. The minimum Gasteiger partial charge on any atom is -0.352 e. The van der Waals surface area contributed by atoms with Gasteiger partial charge in [0, 0.05) is 6.04 Å². The van der Waals surface area contributed by atoms with E-state index in [-0.39, 0.29) is 18.5 Å². The van der Waals surface area contributed by atoms with Gasteiger partial charge in [0.2, 0.25) is 5.91 Å². The van der Waals surface area contributed by atoms with Gasteiger partial charge in [-0.1, -0.05) is 57.0 Å². The first-order valence-electron chi connectivity index (χ1n) is 9.32. The van der Waals surface area contributed by atoms with Crippen molar-refractivity contribution in [1.82, 2.24) is 15.5 Å². The van der Waals surface area contributed by atoms with Crippen LogP contribution in [0.15, 0.2) is 30.3 Å². The minimum absolute atomic E-state index is 0.104. The van der Waals surface area contributed by atoms with Crippen molar-refractivity contribution in [3.05, 3.63) is 35.9 Å². The Morgan fingerprint density at radius 1 is 1.23 bits per heavy atom. The van der Waals surface area contributed by atoms with Crippen molar-refractivity contribution < 1.29 is 14.4 Å². The molecule has 6 nitrogen and oxygen atoms in total. The fourth-order valence-electron chi connectivity index (χ4n) is 3.99. The van der Waals surface area contributed by atoms with Gasteiger partial charge in [-0.05, 0) is 30.7 Å². The van der Waals surface area contributed by atoms with Crippen LogP contribution in [0.2, 0.25) is 0 Å². The van der Waals surface area contributed by atoms with E-state index in [2.05, 4.69) is 24.5 Å². The van der Waals surface area contributed by atoms with Crippen molar-refractivity contribution in [2.75, 3.05) is 6.54 Å². The van der Waals surface area contributed by atoms with Gasteiger partial charge in [-0.15, -0.1) is 0 Å². The highest BCUT2D eigenvalue weighted by atomic mass is 16.2. The predicted molar refractivity (Wildman–Crippen MR) is 98.1 cm³/mol. The molecule has 0 spiro atoms. The van der Waals surface area contributed by atoms with Gasteiger partial charge in [0.15, 0.2) is 0 Å². The van der Waals surface area contributed by atoms with E-state index >= 15 is 0 Å². The van der Waals surface area contributed by atoms with E-state index in [0.29, 0.717) is 17.4 Å². The van der Waals surface area contributed by atoms with E-state index in [1.54, 1.807) is 19.1 Å². The summed E-state index contributed by atoms with van der Waals surface area (Å²) in [7, 11) is 0. The highest BCUT2D eigenvalue weighted by Crippen LogP contribution is 2.30. The van der Waals surface area contributed by atoms with Crippen LogP contribution in [0, 0.1) is 11.8 Å². The molecule has 2 fully saturated rings. The third kappa shape index (κ3) is 3.32. The predicted octanol–water partition coefficient (Wildman–Crippen LogP) is 2.39. The maximum atomic E-state index is 12.8. The summed E-state index contributed by atoms with van der Waals surface area (Å²) >= 11 is 0. The third-order valence-electron chi connectivity index (χ3n) is 5.98. The van der Waals surface area contributed by atoms with Gasteiger partial charge in [-0.25, -0.2) is 4.79 Å². The molecular formula is C20H27N3O3. The van der Waals surface area contributed by atoms with Crippen LogP contribution in [-0.2, 0) is 15.1 Å². The molecule has 1 aliphatic heterocycles. The summed E-state index contributed by atoms with van der Waals surface area (Å²) in [4.78, 5) is 38.7. The first-order valence-corrected chi connectivity index (χ1v) is 9.32. The van der Waals surface area contributed by atoms with E-state index < -0.39 is 17.5 Å². The summed E-state index contributed by atoms with van der Waals surface area (Å²) < 4.78 is 0. The number of carbonyl (C=O) groups is 3. The molecule has 3 rings (SSSR count). The van der Waals surface area contributed by atoms with Gasteiger partial charge in [-0.3, -0.25) is 14.5 Å². The molecule has 1 saturated heterocycles. The zero-order valence-corrected chi connectivity index (χ0v) is 15.6. The number of urea groups is 1. The van der Waals surface area contributed by atoms with Gasteiger partial charge >= 0.3 is 6.03 Å². The largest absolute Gasteiger partial charge is 0.352 e. The first-order chi connectivity index (χ1) is 12.3. The van der Waals surface area contributed by atoms with E-state index in [9.17, 15) is 14.4 Å². The summed E-state index contributed by atoms with van der Waals surface area (Å²) in [6.45, 7) is 5.77. The third-order valence-corrected chi connectivity index (χ3v) is 5.98. The number of benzene rings is 1. The van der Waals surface area contributed by atoms with Crippen LogP contribution in [0.5, 0.6) is 0 Å². The molecular weight excluding hydrogens is 330 g/mol. The van der Waals surface area contributed by atoms with Crippen LogP contribution in [0.4, 0.5) is 4.79 Å². The molecule has 4 atom stereocenters. The van der Waals surface area contributed by atoms with E-state index in [4.69, 9.17) is 0 Å². The van der Waals surface area contributed by atoms with Crippen LogP contribution >= 0.6 is 0 Å². The van der Waals surface area contributed by atoms with Gasteiger partial charge in [0.1, 0.15) is 12.1 Å². The van der Waals surface area contributed by atoms with Gasteiger partial charge < -0.3 is 10.6 Å². The molecule has 1 aromatic carbocycles. The molecule has 1 heterocycles. The van der Waals surface area contributed by atoms with Crippen molar-refractivity contribution in [2.24, 2.45) is 11.8 Å². The van der Waals surface area contributed by atoms with Crippen molar-refractivity contribution in [2.45, 2.75) is 51.6 Å². The Morgan fingerprint density at radius 3 is 2.62 bits per heavy atom. The number of hydrogen-bond acceptors (Lipinski definition) is 3. The number of imide groups is 1. The van der Waals surface area contributed by atoms with Crippen LogP contribution in [0.25, 0.3) is 0 Å². The van der Waals surface area contributed by atoms with Gasteiger partial charge in [0.25, 0.3) is 5.91 Å². The number of carbonyl (C=O) groups excluding carboxylic acids is 3. The first kappa shape index (κ1) is 18.4. The Morgan fingerprint density at radius 2 is 1.92 bits per heavy atom. The number of hydrogen-bond donors (Lipinski definition) is 2. The quantitative estimate of drug-likeness (QED) is 0.812. The van der Waals surface area contributed by atoms with Crippen molar-refractivity contribution in [1.29, 1.82) is 0 Å². The average molecular weight is 357 g/mol. The lowest BCUT2D eigenvalue weighted by Gasteiger charge is -2.34. The minimum atomic E-state index is -1.13. The average Bonchev–Trinajstić information content (AvgIpc) is 2.84. The summed E-state index contributed by atoms with van der Waals surface area (Å²) in [5.41, 5.74) is -0.429. The molecule has 6 heteroatoms. The van der Waals surface area contributed by atoms with Gasteiger partial charge in [-0.2, -0.15) is 0 Å². The summed E-state index contributed by atoms with van der Waals surface area (Å²) in [5.74, 6) is 0.281. The maximum Gasteiger partial charge on any atom is 0.325 e. The molecule has 2 N–H and O–H groups in total. The van der Waals surface area contributed by atoms with E-state index in [1.807, 2.05) is 18.2 Å². The molecule has 2 aliphatic rings. The molecule has 4 amide bonds. The molecule has 0 bridgehead atoms. The Bertz CT molecular complexity index is 706. The monoisotopic (exact) mass is 357 g/mol. The highest BCUT2D eigenvalue weighted by Gasteiger charge is 2.49. The molecule has 1 saturated carbocycles. The lowest BCUT2D eigenvalue weighted by atomic mass is 9.78. The maximum absolute atomic E-state index is 12.8. The van der Waals surface area contributed by atoms with Crippen LogP contribution in [0.3, 0.4) is 0 Å². The molecule has 1 aliphatic carbocycles. The zero-order valence-electron chi connectivity index (χ0n) is 15.6. The molecule has 0 radical (unpaired) electrons.